The van der Waals surface area contributed by atoms with E-state index < -0.39 is 6.43 Å². The first-order chi connectivity index (χ1) is 9.70. The van der Waals surface area contributed by atoms with Gasteiger partial charge in [0.25, 0.3) is 6.43 Å². The van der Waals surface area contributed by atoms with E-state index in [1.165, 1.54) is 12.1 Å². The van der Waals surface area contributed by atoms with Gasteiger partial charge in [-0.25, -0.2) is 8.78 Å². The number of alkyl halides is 2. The Labute approximate surface area is 117 Å². The zero-order chi connectivity index (χ0) is 14.4. The molecule has 2 N–H and O–H groups in total. The van der Waals surface area contributed by atoms with Crippen molar-refractivity contribution in [2.45, 2.75) is 19.0 Å². The number of rotatable bonds is 6. The molecule has 0 fully saturated rings. The maximum absolute atomic E-state index is 12.4. The van der Waals surface area contributed by atoms with Crippen LogP contribution in [0.5, 0.6) is 0 Å². The molecule has 0 heterocycles. The largest absolute Gasteiger partial charge is 0.394 e. The van der Waals surface area contributed by atoms with Crippen LogP contribution in [0.4, 0.5) is 8.78 Å². The normalized spacial score (nSPS) is 12.6. The maximum Gasteiger partial charge on any atom is 0.263 e. The van der Waals surface area contributed by atoms with Crippen molar-refractivity contribution in [1.82, 2.24) is 5.32 Å². The van der Waals surface area contributed by atoms with Crippen molar-refractivity contribution in [3.05, 3.63) is 71.3 Å². The number of hydrogen-bond acceptors (Lipinski definition) is 2. The Kier molecular flexibility index (Phi) is 5.21. The quantitative estimate of drug-likeness (QED) is 0.847. The van der Waals surface area contributed by atoms with Crippen LogP contribution in [-0.4, -0.2) is 11.7 Å². The van der Waals surface area contributed by atoms with E-state index in [2.05, 4.69) is 5.32 Å². The molecule has 0 aliphatic heterocycles. The topological polar surface area (TPSA) is 32.3 Å². The van der Waals surface area contributed by atoms with Gasteiger partial charge in [-0.15, -0.1) is 0 Å². The first-order valence-electron chi connectivity index (χ1n) is 6.47. The van der Waals surface area contributed by atoms with Gasteiger partial charge in [0, 0.05) is 12.1 Å². The molecule has 4 heteroatoms. The summed E-state index contributed by atoms with van der Waals surface area (Å²) in [5.74, 6) is 0. The summed E-state index contributed by atoms with van der Waals surface area (Å²) in [6.45, 7) is 0.503. The molecule has 2 rings (SSSR count). The van der Waals surface area contributed by atoms with Crippen molar-refractivity contribution in [3.63, 3.8) is 0 Å². The van der Waals surface area contributed by atoms with Gasteiger partial charge in [0.2, 0.25) is 0 Å². The summed E-state index contributed by atoms with van der Waals surface area (Å²) in [5, 5.41) is 12.6. The lowest BCUT2D eigenvalue weighted by Crippen LogP contribution is -2.23. The molecule has 106 valence electrons. The number of halogens is 2. The standard InChI is InChI=1S/C16H17F2NO/c17-16(18)14-8-6-12(7-9-14)10-19-15(11-20)13-4-2-1-3-5-13/h1-9,15-16,19-20H,10-11H2/t15-/m0/s1. The fourth-order valence-corrected chi connectivity index (χ4v) is 2.00. The molecular formula is C16H17F2NO. The Morgan fingerprint density at radius 2 is 1.55 bits per heavy atom. The van der Waals surface area contributed by atoms with E-state index in [0.717, 1.165) is 11.1 Å². The van der Waals surface area contributed by atoms with Crippen LogP contribution in [0.1, 0.15) is 29.2 Å². The van der Waals surface area contributed by atoms with Crippen LogP contribution in [0.3, 0.4) is 0 Å². The molecular weight excluding hydrogens is 260 g/mol. The van der Waals surface area contributed by atoms with Crippen LogP contribution >= 0.6 is 0 Å². The summed E-state index contributed by atoms with van der Waals surface area (Å²) >= 11 is 0. The van der Waals surface area contributed by atoms with Crippen LogP contribution < -0.4 is 5.32 Å². The van der Waals surface area contributed by atoms with E-state index in [1.807, 2.05) is 30.3 Å². The molecule has 0 saturated heterocycles. The Bertz CT molecular complexity index is 514. The fraction of sp³-hybridized carbons (Fsp3) is 0.250. The third kappa shape index (κ3) is 3.85. The first-order valence-corrected chi connectivity index (χ1v) is 6.47. The van der Waals surface area contributed by atoms with Crippen LogP contribution in [0.15, 0.2) is 54.6 Å². The average molecular weight is 277 g/mol. The number of aliphatic hydroxyl groups is 1. The lowest BCUT2D eigenvalue weighted by Gasteiger charge is -2.16. The van der Waals surface area contributed by atoms with Crippen LogP contribution in [-0.2, 0) is 6.54 Å². The predicted molar refractivity (Wildman–Crippen MR) is 74.5 cm³/mol. The number of aliphatic hydroxyl groups excluding tert-OH is 1. The molecule has 0 aromatic heterocycles. The van der Waals surface area contributed by atoms with E-state index in [-0.39, 0.29) is 18.2 Å². The first kappa shape index (κ1) is 14.6. The molecule has 0 radical (unpaired) electrons. The Hall–Kier alpha value is -1.78. The molecule has 0 bridgehead atoms. The second kappa shape index (κ2) is 7.12. The second-order valence-electron chi connectivity index (χ2n) is 4.57. The molecule has 1 atom stereocenters. The van der Waals surface area contributed by atoms with Crippen LogP contribution in [0.25, 0.3) is 0 Å². The van der Waals surface area contributed by atoms with Gasteiger partial charge in [-0.1, -0.05) is 54.6 Å². The summed E-state index contributed by atoms with van der Waals surface area (Å²) < 4.78 is 24.9. The summed E-state index contributed by atoms with van der Waals surface area (Å²) in [5.41, 5.74) is 1.93. The molecule has 0 aliphatic carbocycles. The van der Waals surface area contributed by atoms with E-state index in [1.54, 1.807) is 12.1 Å². The smallest absolute Gasteiger partial charge is 0.263 e. The summed E-state index contributed by atoms with van der Waals surface area (Å²) in [4.78, 5) is 0. The second-order valence-corrected chi connectivity index (χ2v) is 4.57. The number of benzene rings is 2. The highest BCUT2D eigenvalue weighted by atomic mass is 19.3. The predicted octanol–water partition coefficient (Wildman–Crippen LogP) is 3.45. The zero-order valence-electron chi connectivity index (χ0n) is 11.0. The minimum Gasteiger partial charge on any atom is -0.394 e. The van der Waals surface area contributed by atoms with Crippen LogP contribution in [0.2, 0.25) is 0 Å². The van der Waals surface area contributed by atoms with E-state index in [0.29, 0.717) is 6.54 Å². The van der Waals surface area contributed by atoms with Gasteiger partial charge in [0.15, 0.2) is 0 Å². The third-order valence-corrected chi connectivity index (χ3v) is 3.17. The van der Waals surface area contributed by atoms with Gasteiger partial charge < -0.3 is 10.4 Å². The van der Waals surface area contributed by atoms with Crippen molar-refractivity contribution >= 4 is 0 Å². The van der Waals surface area contributed by atoms with Gasteiger partial charge in [-0.2, -0.15) is 0 Å². The highest BCUT2D eigenvalue weighted by molar-refractivity contribution is 5.24. The molecule has 0 saturated carbocycles. The molecule has 2 aromatic carbocycles. The summed E-state index contributed by atoms with van der Waals surface area (Å²) in [6, 6.07) is 15.7. The third-order valence-electron chi connectivity index (χ3n) is 3.17. The highest BCUT2D eigenvalue weighted by Gasteiger charge is 2.10. The Balaban J connectivity index is 1.96. The fourth-order valence-electron chi connectivity index (χ4n) is 2.00. The Morgan fingerprint density at radius 1 is 0.900 bits per heavy atom. The van der Waals surface area contributed by atoms with Gasteiger partial charge in [0.1, 0.15) is 0 Å². The summed E-state index contributed by atoms with van der Waals surface area (Å²) in [6.07, 6.45) is -2.44. The minimum atomic E-state index is -2.44. The number of nitrogens with one attached hydrogen (secondary N) is 1. The molecule has 2 nitrogen and oxygen atoms in total. The van der Waals surface area contributed by atoms with Crippen molar-refractivity contribution in [1.29, 1.82) is 0 Å². The molecule has 0 spiro atoms. The Morgan fingerprint density at radius 3 is 2.10 bits per heavy atom. The van der Waals surface area contributed by atoms with E-state index >= 15 is 0 Å². The molecule has 2 aromatic rings. The van der Waals surface area contributed by atoms with Crippen LogP contribution in [0, 0.1) is 0 Å². The van der Waals surface area contributed by atoms with Crippen molar-refractivity contribution in [2.75, 3.05) is 6.61 Å². The molecule has 0 amide bonds. The van der Waals surface area contributed by atoms with Gasteiger partial charge in [-0.05, 0) is 11.1 Å². The average Bonchev–Trinajstić information content (AvgIpc) is 2.49. The molecule has 20 heavy (non-hydrogen) atoms. The maximum atomic E-state index is 12.4. The van der Waals surface area contributed by atoms with Crippen molar-refractivity contribution < 1.29 is 13.9 Å². The highest BCUT2D eigenvalue weighted by Crippen LogP contribution is 2.19. The SMILES string of the molecule is OC[C@H](NCc1ccc(C(F)F)cc1)c1ccccc1. The van der Waals surface area contributed by atoms with Gasteiger partial charge in [0.05, 0.1) is 12.6 Å². The lowest BCUT2D eigenvalue weighted by molar-refractivity contribution is 0.151. The van der Waals surface area contributed by atoms with E-state index in [9.17, 15) is 13.9 Å². The van der Waals surface area contributed by atoms with Crippen molar-refractivity contribution in [3.8, 4) is 0 Å². The lowest BCUT2D eigenvalue weighted by atomic mass is 10.1. The van der Waals surface area contributed by atoms with Gasteiger partial charge in [-0.3, -0.25) is 0 Å². The minimum absolute atomic E-state index is 0.0148. The summed E-state index contributed by atoms with van der Waals surface area (Å²) in [7, 11) is 0. The van der Waals surface area contributed by atoms with Gasteiger partial charge >= 0.3 is 0 Å². The van der Waals surface area contributed by atoms with Crippen molar-refractivity contribution in [2.24, 2.45) is 0 Å². The number of hydrogen-bond donors (Lipinski definition) is 2. The van der Waals surface area contributed by atoms with E-state index in [4.69, 9.17) is 0 Å². The molecule has 0 aliphatic rings. The monoisotopic (exact) mass is 277 g/mol. The zero-order valence-corrected chi connectivity index (χ0v) is 11.0. The molecule has 0 unspecified atom stereocenters.